The summed E-state index contributed by atoms with van der Waals surface area (Å²) in [4.78, 5) is 23.6. The predicted molar refractivity (Wildman–Crippen MR) is 80.8 cm³/mol. The van der Waals surface area contributed by atoms with Gasteiger partial charge in [-0.1, -0.05) is 11.6 Å². The van der Waals surface area contributed by atoms with Gasteiger partial charge in [-0.25, -0.2) is 5.01 Å². The van der Waals surface area contributed by atoms with Crippen LogP contribution in [-0.4, -0.2) is 36.7 Å². The Labute approximate surface area is 127 Å². The van der Waals surface area contributed by atoms with Crippen LogP contribution in [0.5, 0.6) is 5.75 Å². The van der Waals surface area contributed by atoms with E-state index in [4.69, 9.17) is 16.3 Å². The van der Waals surface area contributed by atoms with Crippen LogP contribution in [0.2, 0.25) is 5.02 Å². The molecule has 1 aromatic carbocycles. The van der Waals surface area contributed by atoms with E-state index in [-0.39, 0.29) is 18.2 Å². The van der Waals surface area contributed by atoms with E-state index in [1.54, 1.807) is 12.1 Å². The summed E-state index contributed by atoms with van der Waals surface area (Å²) in [6.07, 6.45) is 0.601. The van der Waals surface area contributed by atoms with Crippen molar-refractivity contribution in [3.8, 4) is 5.75 Å². The maximum Gasteiger partial charge on any atom is 0.271 e. The highest BCUT2D eigenvalue weighted by Crippen LogP contribution is 2.31. The Morgan fingerprint density at radius 1 is 1.43 bits per heavy atom. The molecule has 6 nitrogen and oxygen atoms in total. The zero-order valence-corrected chi connectivity index (χ0v) is 12.8. The van der Waals surface area contributed by atoms with E-state index in [2.05, 4.69) is 10.4 Å². The SMILES string of the molecule is COc1cc(Cl)c(C)cc1NC(=O)C1=NN(C)C(=O)CC1. The van der Waals surface area contributed by atoms with Gasteiger partial charge in [-0.05, 0) is 18.6 Å². The summed E-state index contributed by atoms with van der Waals surface area (Å²) in [6.45, 7) is 1.84. The fourth-order valence-electron chi connectivity index (χ4n) is 1.96. The van der Waals surface area contributed by atoms with Crippen LogP contribution in [0.3, 0.4) is 0 Å². The van der Waals surface area contributed by atoms with Crippen LogP contribution in [0.4, 0.5) is 5.69 Å². The van der Waals surface area contributed by atoms with Crippen molar-refractivity contribution < 1.29 is 14.3 Å². The molecule has 1 N–H and O–H groups in total. The molecule has 0 aliphatic carbocycles. The molecule has 112 valence electrons. The summed E-state index contributed by atoms with van der Waals surface area (Å²) in [5, 5.41) is 8.46. The molecule has 0 saturated carbocycles. The first-order chi connectivity index (χ1) is 9.92. The molecule has 0 atom stereocenters. The molecule has 21 heavy (non-hydrogen) atoms. The predicted octanol–water partition coefficient (Wildman–Crippen LogP) is 2.20. The van der Waals surface area contributed by atoms with Gasteiger partial charge in [0.1, 0.15) is 11.5 Å². The number of nitrogens with one attached hydrogen (secondary N) is 1. The molecule has 0 bridgehead atoms. The van der Waals surface area contributed by atoms with Crippen molar-refractivity contribution in [1.82, 2.24) is 5.01 Å². The van der Waals surface area contributed by atoms with Crippen LogP contribution in [0, 0.1) is 6.92 Å². The van der Waals surface area contributed by atoms with Gasteiger partial charge in [0.05, 0.1) is 12.8 Å². The van der Waals surface area contributed by atoms with E-state index in [0.717, 1.165) is 5.56 Å². The summed E-state index contributed by atoms with van der Waals surface area (Å²) >= 11 is 6.02. The van der Waals surface area contributed by atoms with E-state index in [1.807, 2.05) is 6.92 Å². The number of hydrogen-bond donors (Lipinski definition) is 1. The van der Waals surface area contributed by atoms with Crippen LogP contribution in [-0.2, 0) is 9.59 Å². The van der Waals surface area contributed by atoms with Crippen LogP contribution >= 0.6 is 11.6 Å². The van der Waals surface area contributed by atoms with E-state index >= 15 is 0 Å². The highest BCUT2D eigenvalue weighted by atomic mass is 35.5. The smallest absolute Gasteiger partial charge is 0.271 e. The molecule has 2 rings (SSSR count). The second-order valence-electron chi connectivity index (χ2n) is 4.72. The van der Waals surface area contributed by atoms with Crippen molar-refractivity contribution in [1.29, 1.82) is 0 Å². The van der Waals surface area contributed by atoms with Crippen molar-refractivity contribution in [3.63, 3.8) is 0 Å². The molecule has 1 heterocycles. The lowest BCUT2D eigenvalue weighted by atomic mass is 10.1. The molecule has 0 radical (unpaired) electrons. The Morgan fingerprint density at radius 2 is 2.14 bits per heavy atom. The third-order valence-corrected chi connectivity index (χ3v) is 3.61. The minimum Gasteiger partial charge on any atom is -0.495 e. The summed E-state index contributed by atoms with van der Waals surface area (Å²) in [5.41, 5.74) is 1.66. The van der Waals surface area contributed by atoms with Gasteiger partial charge in [0.15, 0.2) is 0 Å². The second kappa shape index (κ2) is 6.13. The largest absolute Gasteiger partial charge is 0.495 e. The topological polar surface area (TPSA) is 71.0 Å². The number of carbonyl (C=O) groups is 2. The zero-order chi connectivity index (χ0) is 15.6. The van der Waals surface area contributed by atoms with Crippen molar-refractivity contribution in [3.05, 3.63) is 22.7 Å². The Kier molecular flexibility index (Phi) is 4.47. The highest BCUT2D eigenvalue weighted by molar-refractivity contribution is 6.43. The number of anilines is 1. The molecule has 0 unspecified atom stereocenters. The molecule has 0 fully saturated rings. The van der Waals surface area contributed by atoms with Gasteiger partial charge in [0, 0.05) is 31.0 Å². The van der Waals surface area contributed by atoms with Gasteiger partial charge in [-0.2, -0.15) is 5.10 Å². The maximum absolute atomic E-state index is 12.2. The van der Waals surface area contributed by atoms with Crippen molar-refractivity contribution in [2.75, 3.05) is 19.5 Å². The molecular formula is C14H16ClN3O3. The van der Waals surface area contributed by atoms with Crippen LogP contribution in [0.25, 0.3) is 0 Å². The number of carbonyl (C=O) groups excluding carboxylic acids is 2. The molecule has 1 aromatic rings. The summed E-state index contributed by atoms with van der Waals surface area (Å²) in [5.74, 6) is 0.0145. The number of hydrogen-bond acceptors (Lipinski definition) is 4. The van der Waals surface area contributed by atoms with Gasteiger partial charge in [-0.3, -0.25) is 9.59 Å². The number of amides is 2. The van der Waals surface area contributed by atoms with Crippen molar-refractivity contribution in [2.24, 2.45) is 5.10 Å². The number of benzene rings is 1. The Hall–Kier alpha value is -2.08. The summed E-state index contributed by atoms with van der Waals surface area (Å²) in [7, 11) is 3.03. The fraction of sp³-hybridized carbons (Fsp3) is 0.357. The fourth-order valence-corrected chi connectivity index (χ4v) is 2.11. The molecule has 0 aromatic heterocycles. The monoisotopic (exact) mass is 309 g/mol. The Balaban J connectivity index is 2.22. The van der Waals surface area contributed by atoms with E-state index < -0.39 is 0 Å². The quantitative estimate of drug-likeness (QED) is 0.930. The number of aryl methyl sites for hydroxylation is 1. The van der Waals surface area contributed by atoms with Crippen LogP contribution in [0.1, 0.15) is 18.4 Å². The number of methoxy groups -OCH3 is 1. The molecule has 0 saturated heterocycles. The molecular weight excluding hydrogens is 294 g/mol. The number of nitrogens with zero attached hydrogens (tertiary/aromatic N) is 2. The van der Waals surface area contributed by atoms with E-state index in [9.17, 15) is 9.59 Å². The van der Waals surface area contributed by atoms with E-state index in [1.165, 1.54) is 19.2 Å². The molecule has 2 amide bonds. The lowest BCUT2D eigenvalue weighted by Gasteiger charge is -2.19. The van der Waals surface area contributed by atoms with Gasteiger partial charge >= 0.3 is 0 Å². The molecule has 0 spiro atoms. The summed E-state index contributed by atoms with van der Waals surface area (Å²) in [6, 6.07) is 3.38. The Morgan fingerprint density at radius 3 is 2.76 bits per heavy atom. The number of rotatable bonds is 3. The average molecular weight is 310 g/mol. The van der Waals surface area contributed by atoms with Crippen molar-refractivity contribution in [2.45, 2.75) is 19.8 Å². The van der Waals surface area contributed by atoms with Gasteiger partial charge < -0.3 is 10.1 Å². The first kappa shape index (κ1) is 15.3. The first-order valence-corrected chi connectivity index (χ1v) is 6.79. The Bertz CT molecular complexity index is 628. The minimum atomic E-state index is -0.352. The number of hydrazone groups is 1. The number of ether oxygens (including phenoxy) is 1. The maximum atomic E-state index is 12.2. The number of halogens is 1. The highest BCUT2D eigenvalue weighted by Gasteiger charge is 2.22. The third-order valence-electron chi connectivity index (χ3n) is 3.20. The van der Waals surface area contributed by atoms with Gasteiger partial charge in [0.2, 0.25) is 5.91 Å². The third kappa shape index (κ3) is 3.33. The van der Waals surface area contributed by atoms with Crippen LogP contribution < -0.4 is 10.1 Å². The molecule has 1 aliphatic rings. The standard InChI is InChI=1S/C14H16ClN3O3/c1-8-6-11(12(21-3)7-9(8)15)16-14(20)10-4-5-13(19)18(2)17-10/h6-7H,4-5H2,1-3H3,(H,16,20). The van der Waals surface area contributed by atoms with Crippen LogP contribution in [0.15, 0.2) is 17.2 Å². The second-order valence-corrected chi connectivity index (χ2v) is 5.13. The van der Waals surface area contributed by atoms with Gasteiger partial charge in [0.25, 0.3) is 5.91 Å². The zero-order valence-electron chi connectivity index (χ0n) is 12.1. The average Bonchev–Trinajstić information content (AvgIpc) is 2.45. The van der Waals surface area contributed by atoms with E-state index in [0.29, 0.717) is 28.6 Å². The first-order valence-electron chi connectivity index (χ1n) is 6.42. The lowest BCUT2D eigenvalue weighted by molar-refractivity contribution is -0.130. The summed E-state index contributed by atoms with van der Waals surface area (Å²) < 4.78 is 5.20. The minimum absolute atomic E-state index is 0.105. The molecule has 7 heteroatoms. The normalized spacial score (nSPS) is 14.8. The molecule has 1 aliphatic heterocycles. The van der Waals surface area contributed by atoms with Crippen molar-refractivity contribution >= 4 is 34.8 Å². The van der Waals surface area contributed by atoms with Gasteiger partial charge in [-0.15, -0.1) is 0 Å². The lowest BCUT2D eigenvalue weighted by Crippen LogP contribution is -2.34.